The highest BCUT2D eigenvalue weighted by Crippen LogP contribution is 2.23. The Bertz CT molecular complexity index is 940. The van der Waals surface area contributed by atoms with Crippen LogP contribution in [0.15, 0.2) is 41.3 Å². The van der Waals surface area contributed by atoms with E-state index in [4.69, 9.17) is 16.4 Å². The van der Waals surface area contributed by atoms with Crippen LogP contribution < -0.4 is 0 Å². The molecule has 1 fully saturated rings. The van der Waals surface area contributed by atoms with E-state index < -0.39 is 10.0 Å². The monoisotopic (exact) mass is 443 g/mol. The van der Waals surface area contributed by atoms with Crippen molar-refractivity contribution >= 4 is 38.9 Å². The fourth-order valence-electron chi connectivity index (χ4n) is 2.98. The summed E-state index contributed by atoms with van der Waals surface area (Å²) in [6, 6.07) is 9.96. The van der Waals surface area contributed by atoms with E-state index in [0.717, 1.165) is 28.4 Å². The van der Waals surface area contributed by atoms with E-state index >= 15 is 0 Å². The number of thiophene rings is 1. The molecule has 2 heterocycles. The zero-order chi connectivity index (χ0) is 20.3. The van der Waals surface area contributed by atoms with E-state index in [2.05, 4.69) is 4.90 Å². The third-order valence-electron chi connectivity index (χ3n) is 4.64. The summed E-state index contributed by atoms with van der Waals surface area (Å²) in [5.74, 6) is -0.170. The molecule has 0 saturated carbocycles. The molecule has 7 nitrogen and oxygen atoms in total. The predicted octanol–water partition coefficient (Wildman–Crippen LogP) is 2.54. The summed E-state index contributed by atoms with van der Waals surface area (Å²) in [6.07, 6.45) is 0. The van der Waals surface area contributed by atoms with Gasteiger partial charge in [0.05, 0.1) is 16.3 Å². The molecule has 0 radical (unpaired) electrons. The molecule has 0 aliphatic carbocycles. The van der Waals surface area contributed by atoms with Crippen molar-refractivity contribution in [2.24, 2.45) is 0 Å². The highest BCUT2D eigenvalue weighted by atomic mass is 35.5. The number of sulfonamides is 1. The van der Waals surface area contributed by atoms with Gasteiger partial charge < -0.3 is 4.90 Å². The van der Waals surface area contributed by atoms with Gasteiger partial charge in [-0.2, -0.15) is 0 Å². The van der Waals surface area contributed by atoms with Crippen LogP contribution in [0.2, 0.25) is 4.34 Å². The van der Waals surface area contributed by atoms with Crippen LogP contribution in [0.4, 0.5) is 0 Å². The van der Waals surface area contributed by atoms with Crippen LogP contribution in [0.25, 0.3) is 0 Å². The first-order valence-corrected chi connectivity index (χ1v) is 11.3. The maximum Gasteiger partial charge on any atom is 0.264 e. The second kappa shape index (κ2) is 8.89. The number of hydrogen-bond acceptors (Lipinski definition) is 6. The van der Waals surface area contributed by atoms with Crippen LogP contribution in [0, 0.1) is 0 Å². The van der Waals surface area contributed by atoms with Gasteiger partial charge in [0.15, 0.2) is 0 Å². The first-order chi connectivity index (χ1) is 13.3. The van der Waals surface area contributed by atoms with E-state index in [1.54, 1.807) is 28.4 Å². The number of carbonyl (C=O) groups excluding carboxylic acids is 1. The molecule has 0 bridgehead atoms. The van der Waals surface area contributed by atoms with E-state index in [-0.39, 0.29) is 10.8 Å². The van der Waals surface area contributed by atoms with Gasteiger partial charge in [-0.3, -0.25) is 14.5 Å². The van der Waals surface area contributed by atoms with Crippen molar-refractivity contribution in [2.75, 3.05) is 40.3 Å². The molecule has 1 amide bonds. The first-order valence-electron chi connectivity index (χ1n) is 8.70. The van der Waals surface area contributed by atoms with Gasteiger partial charge in [-0.15, -0.1) is 11.3 Å². The molecule has 1 aromatic heterocycles. The SMILES string of the molecule is CON(C)S(=O)(=O)c1cccc(C(=O)N2CCN(Cc3ccc(Cl)s3)CC2)c1. The number of piperazine rings is 1. The Morgan fingerprint density at radius 1 is 1.21 bits per heavy atom. The molecule has 152 valence electrons. The molecular weight excluding hydrogens is 422 g/mol. The minimum Gasteiger partial charge on any atom is -0.336 e. The van der Waals surface area contributed by atoms with Gasteiger partial charge in [-0.05, 0) is 30.3 Å². The van der Waals surface area contributed by atoms with Crippen LogP contribution in [-0.4, -0.2) is 68.9 Å². The summed E-state index contributed by atoms with van der Waals surface area (Å²) in [5, 5.41) is 0. The first kappa shape index (κ1) is 21.2. The van der Waals surface area contributed by atoms with Crippen LogP contribution in [0.5, 0.6) is 0 Å². The van der Waals surface area contributed by atoms with Crippen molar-refractivity contribution in [1.82, 2.24) is 14.3 Å². The molecule has 0 atom stereocenters. The van der Waals surface area contributed by atoms with Gasteiger partial charge in [0.25, 0.3) is 15.9 Å². The maximum absolute atomic E-state index is 12.8. The number of carbonyl (C=O) groups is 1. The normalized spacial score (nSPS) is 15.9. The summed E-state index contributed by atoms with van der Waals surface area (Å²) in [5.41, 5.74) is 0.351. The summed E-state index contributed by atoms with van der Waals surface area (Å²) in [7, 11) is -1.21. The minimum absolute atomic E-state index is 0.0240. The number of nitrogens with zero attached hydrogens (tertiary/aromatic N) is 3. The van der Waals surface area contributed by atoms with E-state index in [1.165, 1.54) is 31.2 Å². The summed E-state index contributed by atoms with van der Waals surface area (Å²) >= 11 is 7.54. The van der Waals surface area contributed by atoms with Crippen molar-refractivity contribution in [3.8, 4) is 0 Å². The minimum atomic E-state index is -3.79. The molecule has 10 heteroatoms. The van der Waals surface area contributed by atoms with Gasteiger partial charge in [0.1, 0.15) is 0 Å². The third kappa shape index (κ3) is 4.73. The van der Waals surface area contributed by atoms with Crippen molar-refractivity contribution in [1.29, 1.82) is 0 Å². The molecule has 1 aliphatic heterocycles. The standard InChI is InChI=1S/C18H22ClN3O4S2/c1-20(26-2)28(24,25)16-5-3-4-14(12-16)18(23)22-10-8-21(9-11-22)13-15-6-7-17(19)27-15/h3-7,12H,8-11,13H2,1-2H3. The van der Waals surface area contributed by atoms with Crippen molar-refractivity contribution in [3.05, 3.63) is 51.2 Å². The zero-order valence-electron chi connectivity index (χ0n) is 15.7. The second-order valence-corrected chi connectivity index (χ2v) is 10.1. The highest BCUT2D eigenvalue weighted by Gasteiger charge is 2.25. The molecule has 0 unspecified atom stereocenters. The number of benzene rings is 1. The summed E-state index contributed by atoms with van der Waals surface area (Å²) < 4.78 is 26.3. The average molecular weight is 444 g/mol. The lowest BCUT2D eigenvalue weighted by atomic mass is 10.2. The average Bonchev–Trinajstić information content (AvgIpc) is 3.12. The lowest BCUT2D eigenvalue weighted by Crippen LogP contribution is -2.48. The fourth-order valence-corrected chi connectivity index (χ4v) is 5.13. The Kier molecular flexibility index (Phi) is 6.74. The van der Waals surface area contributed by atoms with Crippen molar-refractivity contribution in [2.45, 2.75) is 11.4 Å². The molecule has 28 heavy (non-hydrogen) atoms. The number of hydrogen-bond donors (Lipinski definition) is 0. The smallest absolute Gasteiger partial charge is 0.264 e. The van der Waals surface area contributed by atoms with Gasteiger partial charge in [-0.1, -0.05) is 22.1 Å². The van der Waals surface area contributed by atoms with Gasteiger partial charge in [0, 0.05) is 50.2 Å². The Morgan fingerprint density at radius 2 is 1.93 bits per heavy atom. The van der Waals surface area contributed by atoms with Crippen LogP contribution >= 0.6 is 22.9 Å². The Labute approximate surface area is 174 Å². The Morgan fingerprint density at radius 3 is 2.54 bits per heavy atom. The second-order valence-electron chi connectivity index (χ2n) is 6.40. The maximum atomic E-state index is 12.8. The Hall–Kier alpha value is -1.49. The van der Waals surface area contributed by atoms with Crippen molar-refractivity contribution < 1.29 is 18.0 Å². The van der Waals surface area contributed by atoms with Gasteiger partial charge in [0.2, 0.25) is 0 Å². The molecule has 3 rings (SSSR count). The van der Waals surface area contributed by atoms with E-state index in [9.17, 15) is 13.2 Å². The quantitative estimate of drug-likeness (QED) is 0.641. The predicted molar refractivity (Wildman–Crippen MR) is 109 cm³/mol. The lowest BCUT2D eigenvalue weighted by molar-refractivity contribution is -0.0258. The van der Waals surface area contributed by atoms with E-state index in [1.807, 2.05) is 12.1 Å². The molecule has 1 aromatic carbocycles. The van der Waals surface area contributed by atoms with E-state index in [0.29, 0.717) is 18.7 Å². The zero-order valence-corrected chi connectivity index (χ0v) is 18.1. The molecule has 0 spiro atoms. The number of amides is 1. The van der Waals surface area contributed by atoms with Gasteiger partial charge >= 0.3 is 0 Å². The number of halogens is 1. The Balaban J connectivity index is 1.64. The third-order valence-corrected chi connectivity index (χ3v) is 7.53. The molecule has 1 aliphatic rings. The largest absolute Gasteiger partial charge is 0.336 e. The molecule has 1 saturated heterocycles. The van der Waals surface area contributed by atoms with Crippen molar-refractivity contribution in [3.63, 3.8) is 0 Å². The van der Waals surface area contributed by atoms with Crippen LogP contribution in [0.3, 0.4) is 0 Å². The number of hydroxylamine groups is 1. The summed E-state index contributed by atoms with van der Waals surface area (Å²) in [4.78, 5) is 22.9. The fraction of sp³-hybridized carbons (Fsp3) is 0.389. The number of rotatable bonds is 6. The van der Waals surface area contributed by atoms with Gasteiger partial charge in [-0.25, -0.2) is 8.42 Å². The van der Waals surface area contributed by atoms with Crippen LogP contribution in [-0.2, 0) is 21.4 Å². The molecule has 0 N–H and O–H groups in total. The lowest BCUT2D eigenvalue weighted by Gasteiger charge is -2.34. The highest BCUT2D eigenvalue weighted by molar-refractivity contribution is 7.89. The summed E-state index contributed by atoms with van der Waals surface area (Å²) in [6.45, 7) is 3.51. The molecular formula is C18H22ClN3O4S2. The van der Waals surface area contributed by atoms with Crippen LogP contribution in [0.1, 0.15) is 15.2 Å². The molecule has 2 aromatic rings. The topological polar surface area (TPSA) is 70.2 Å².